The summed E-state index contributed by atoms with van der Waals surface area (Å²) in [4.78, 5) is 9.14. The van der Waals surface area contributed by atoms with Crippen LogP contribution in [0.4, 0.5) is 5.82 Å². The molecule has 21 heavy (non-hydrogen) atoms. The summed E-state index contributed by atoms with van der Waals surface area (Å²) in [5, 5.41) is 4.57. The Morgan fingerprint density at radius 2 is 1.86 bits per heavy atom. The Hall–Kier alpha value is -1.43. The Morgan fingerprint density at radius 3 is 2.38 bits per heavy atom. The van der Waals surface area contributed by atoms with Gasteiger partial charge >= 0.3 is 0 Å². The van der Waals surface area contributed by atoms with Crippen LogP contribution >= 0.6 is 15.9 Å². The summed E-state index contributed by atoms with van der Waals surface area (Å²) < 4.78 is 2.58. The monoisotopic (exact) mass is 351 g/mol. The summed E-state index contributed by atoms with van der Waals surface area (Å²) in [7, 11) is 1.91. The molecule has 0 unspecified atom stereocenters. The zero-order chi connectivity index (χ0) is 15.9. The van der Waals surface area contributed by atoms with E-state index in [1.165, 1.54) is 0 Å². The fraction of sp³-hybridized carbons (Fsp3) is 0.533. The zero-order valence-corrected chi connectivity index (χ0v) is 15.0. The molecular formula is C15H22BrN5. The maximum atomic E-state index is 6.04. The number of nitrogens with two attached hydrogens (primary N) is 1. The predicted octanol–water partition coefficient (Wildman–Crippen LogP) is 3.64. The third-order valence-electron chi connectivity index (χ3n) is 3.23. The maximum Gasteiger partial charge on any atom is 0.165 e. The van der Waals surface area contributed by atoms with Gasteiger partial charge in [0.1, 0.15) is 5.82 Å². The van der Waals surface area contributed by atoms with Crippen LogP contribution in [0.3, 0.4) is 0 Å². The average molecular weight is 352 g/mol. The molecule has 0 saturated carbocycles. The number of anilines is 1. The van der Waals surface area contributed by atoms with E-state index in [2.05, 4.69) is 60.6 Å². The molecule has 0 amide bonds. The van der Waals surface area contributed by atoms with Gasteiger partial charge in [-0.15, -0.1) is 0 Å². The van der Waals surface area contributed by atoms with Gasteiger partial charge in [0.25, 0.3) is 0 Å². The SMILES string of the molecule is CC(C)c1nc(-c2cn(C)nc2C(C)(C)C)nc(N)c1Br. The first-order valence-electron chi connectivity index (χ1n) is 6.98. The van der Waals surface area contributed by atoms with Crippen LogP contribution in [-0.4, -0.2) is 19.7 Å². The molecule has 0 saturated heterocycles. The lowest BCUT2D eigenvalue weighted by Gasteiger charge is -2.18. The van der Waals surface area contributed by atoms with E-state index in [1.54, 1.807) is 4.68 Å². The van der Waals surface area contributed by atoms with Gasteiger partial charge in [0.15, 0.2) is 5.82 Å². The highest BCUT2D eigenvalue weighted by Crippen LogP contribution is 2.34. The number of halogens is 1. The molecule has 2 aromatic heterocycles. The first-order valence-corrected chi connectivity index (χ1v) is 7.78. The number of aryl methyl sites for hydroxylation is 1. The molecule has 2 aromatic rings. The minimum absolute atomic E-state index is 0.0835. The molecule has 0 atom stereocenters. The Bertz CT molecular complexity index is 667. The molecule has 0 bridgehead atoms. The van der Waals surface area contributed by atoms with E-state index in [1.807, 2.05) is 13.2 Å². The van der Waals surface area contributed by atoms with Crippen molar-refractivity contribution in [3.05, 3.63) is 22.1 Å². The summed E-state index contributed by atoms with van der Waals surface area (Å²) in [6.45, 7) is 10.6. The standard InChI is InChI=1S/C15H22BrN5/c1-8(2)11-10(16)13(17)19-14(18-11)9-7-21(6)20-12(9)15(3,4)5/h7-8H,1-6H3,(H2,17,18,19). The van der Waals surface area contributed by atoms with Gasteiger partial charge in [-0.3, -0.25) is 4.68 Å². The van der Waals surface area contributed by atoms with Crippen LogP contribution in [-0.2, 0) is 12.5 Å². The first-order chi connectivity index (χ1) is 9.61. The van der Waals surface area contributed by atoms with E-state index >= 15 is 0 Å². The highest BCUT2D eigenvalue weighted by atomic mass is 79.9. The van der Waals surface area contributed by atoms with Crippen LogP contribution in [0.5, 0.6) is 0 Å². The van der Waals surface area contributed by atoms with Crippen molar-refractivity contribution in [3.8, 4) is 11.4 Å². The smallest absolute Gasteiger partial charge is 0.165 e. The molecule has 0 aliphatic heterocycles. The van der Waals surface area contributed by atoms with E-state index in [9.17, 15) is 0 Å². The highest BCUT2D eigenvalue weighted by molar-refractivity contribution is 9.10. The Morgan fingerprint density at radius 1 is 1.24 bits per heavy atom. The van der Waals surface area contributed by atoms with Crippen LogP contribution in [0.2, 0.25) is 0 Å². The molecule has 0 spiro atoms. The third-order valence-corrected chi connectivity index (χ3v) is 4.04. The Labute approximate surface area is 134 Å². The van der Waals surface area contributed by atoms with Crippen molar-refractivity contribution in [2.45, 2.75) is 46.0 Å². The number of nitrogen functional groups attached to an aromatic ring is 1. The number of nitrogens with zero attached hydrogens (tertiary/aromatic N) is 4. The van der Waals surface area contributed by atoms with Gasteiger partial charge in [-0.2, -0.15) is 5.10 Å². The lowest BCUT2D eigenvalue weighted by Crippen LogP contribution is -2.14. The van der Waals surface area contributed by atoms with Gasteiger partial charge < -0.3 is 5.73 Å². The number of hydrogen-bond acceptors (Lipinski definition) is 4. The molecule has 5 nitrogen and oxygen atoms in total. The highest BCUT2D eigenvalue weighted by Gasteiger charge is 2.25. The van der Waals surface area contributed by atoms with E-state index in [0.29, 0.717) is 11.6 Å². The fourth-order valence-electron chi connectivity index (χ4n) is 2.19. The van der Waals surface area contributed by atoms with Crippen molar-refractivity contribution < 1.29 is 0 Å². The summed E-state index contributed by atoms with van der Waals surface area (Å²) >= 11 is 3.48. The minimum Gasteiger partial charge on any atom is -0.383 e. The third kappa shape index (κ3) is 3.10. The average Bonchev–Trinajstić information content (AvgIpc) is 2.74. The zero-order valence-electron chi connectivity index (χ0n) is 13.4. The Kier molecular flexibility index (Phi) is 4.10. The summed E-state index contributed by atoms with van der Waals surface area (Å²) in [5.74, 6) is 1.36. The predicted molar refractivity (Wildman–Crippen MR) is 89.1 cm³/mol. The number of aromatic nitrogens is 4. The van der Waals surface area contributed by atoms with Gasteiger partial charge in [-0.1, -0.05) is 34.6 Å². The molecular weight excluding hydrogens is 330 g/mol. The van der Waals surface area contributed by atoms with Gasteiger partial charge in [0.2, 0.25) is 0 Å². The normalized spacial score (nSPS) is 12.2. The van der Waals surface area contributed by atoms with Crippen molar-refractivity contribution in [1.82, 2.24) is 19.7 Å². The van der Waals surface area contributed by atoms with Crippen LogP contribution < -0.4 is 5.73 Å². The van der Waals surface area contributed by atoms with E-state index < -0.39 is 0 Å². The summed E-state index contributed by atoms with van der Waals surface area (Å²) in [6.07, 6.45) is 1.95. The van der Waals surface area contributed by atoms with Crippen LogP contribution in [0.15, 0.2) is 10.7 Å². The molecule has 114 valence electrons. The molecule has 2 N–H and O–H groups in total. The topological polar surface area (TPSA) is 69.6 Å². The van der Waals surface area contributed by atoms with Crippen LogP contribution in [0.25, 0.3) is 11.4 Å². The number of hydrogen-bond donors (Lipinski definition) is 1. The van der Waals surface area contributed by atoms with Crippen molar-refractivity contribution in [3.63, 3.8) is 0 Å². The van der Waals surface area contributed by atoms with Crippen LogP contribution in [0, 0.1) is 0 Å². The van der Waals surface area contributed by atoms with Gasteiger partial charge in [-0.25, -0.2) is 9.97 Å². The van der Waals surface area contributed by atoms with E-state index in [0.717, 1.165) is 21.4 Å². The molecule has 6 heteroatoms. The fourth-order valence-corrected chi connectivity index (χ4v) is 2.83. The molecule has 0 aliphatic rings. The second-order valence-electron chi connectivity index (χ2n) is 6.60. The van der Waals surface area contributed by atoms with E-state index in [-0.39, 0.29) is 11.3 Å². The maximum absolute atomic E-state index is 6.04. The summed E-state index contributed by atoms with van der Waals surface area (Å²) in [6, 6.07) is 0. The van der Waals surface area contributed by atoms with Gasteiger partial charge in [-0.05, 0) is 21.8 Å². The largest absolute Gasteiger partial charge is 0.383 e. The molecule has 0 aromatic carbocycles. The van der Waals surface area contributed by atoms with Crippen molar-refractivity contribution in [2.24, 2.45) is 7.05 Å². The molecule has 2 heterocycles. The summed E-state index contributed by atoms with van der Waals surface area (Å²) in [5.41, 5.74) is 8.78. The number of rotatable bonds is 2. The second kappa shape index (κ2) is 5.40. The van der Waals surface area contributed by atoms with Crippen molar-refractivity contribution in [1.29, 1.82) is 0 Å². The van der Waals surface area contributed by atoms with Gasteiger partial charge in [0, 0.05) is 18.7 Å². The molecule has 2 rings (SSSR count). The Balaban J connectivity index is 2.68. The van der Waals surface area contributed by atoms with Crippen molar-refractivity contribution >= 4 is 21.7 Å². The first kappa shape index (κ1) is 15.9. The molecule has 0 aliphatic carbocycles. The van der Waals surface area contributed by atoms with E-state index in [4.69, 9.17) is 10.7 Å². The quantitative estimate of drug-likeness (QED) is 0.896. The lowest BCUT2D eigenvalue weighted by molar-refractivity contribution is 0.554. The van der Waals surface area contributed by atoms with Crippen LogP contribution in [0.1, 0.15) is 51.9 Å². The minimum atomic E-state index is -0.0835. The molecule has 0 radical (unpaired) electrons. The lowest BCUT2D eigenvalue weighted by atomic mass is 9.89. The molecule has 0 fully saturated rings. The second-order valence-corrected chi connectivity index (χ2v) is 7.39. The van der Waals surface area contributed by atoms with Gasteiger partial charge in [0.05, 0.1) is 21.4 Å². The van der Waals surface area contributed by atoms with Crippen molar-refractivity contribution in [2.75, 3.05) is 5.73 Å².